The fraction of sp³-hybridized carbons (Fsp3) is 0.200. The number of hydrogen-bond donors (Lipinski definition) is 1. The van der Waals surface area contributed by atoms with Crippen molar-refractivity contribution in [2.45, 2.75) is 19.1 Å². The van der Waals surface area contributed by atoms with Crippen LogP contribution in [0.5, 0.6) is 5.75 Å². The Morgan fingerprint density at radius 2 is 2.11 bits per heavy atom. The lowest BCUT2D eigenvalue weighted by atomic mass is 10.0. The molecule has 0 aliphatic carbocycles. The van der Waals surface area contributed by atoms with Gasteiger partial charge in [-0.1, -0.05) is 34.1 Å². The van der Waals surface area contributed by atoms with E-state index >= 15 is 0 Å². The van der Waals surface area contributed by atoms with Crippen LogP contribution in [-0.4, -0.2) is 5.11 Å². The Bertz CT molecular complexity index is 580. The van der Waals surface area contributed by atoms with Gasteiger partial charge >= 0.3 is 0 Å². The lowest BCUT2D eigenvalue weighted by Crippen LogP contribution is -2.02. The first-order chi connectivity index (χ1) is 8.76. The molecular weight excluding hydrogens is 292 g/mol. The maximum Gasteiger partial charge on any atom is 0.128 e. The molecule has 1 aliphatic rings. The van der Waals surface area contributed by atoms with Crippen LogP contribution in [0.2, 0.25) is 0 Å². The number of aliphatic hydroxyl groups excluding tert-OH is 1. The normalized spacial score (nSPS) is 17.3. The number of ether oxygens (including phenoxy) is 1. The fourth-order valence-corrected chi connectivity index (χ4v) is 2.71. The smallest absolute Gasteiger partial charge is 0.128 e. The average molecular weight is 305 g/mol. The molecule has 1 aliphatic heterocycles. The summed E-state index contributed by atoms with van der Waals surface area (Å²) in [5, 5.41) is 9.14. The summed E-state index contributed by atoms with van der Waals surface area (Å²) in [6.45, 7) is 0.0782. The largest absolute Gasteiger partial charge is 0.485 e. The molecule has 0 radical (unpaired) electrons. The van der Waals surface area contributed by atoms with Gasteiger partial charge in [-0.2, -0.15) is 0 Å². The monoisotopic (exact) mass is 304 g/mol. The van der Waals surface area contributed by atoms with Crippen LogP contribution in [0.3, 0.4) is 0 Å². The number of aliphatic hydroxyl groups is 1. The Kier molecular flexibility index (Phi) is 3.10. The Labute approximate surface area is 114 Å². The average Bonchev–Trinajstić information content (AvgIpc) is 2.81. The zero-order valence-corrected chi connectivity index (χ0v) is 11.4. The van der Waals surface area contributed by atoms with Gasteiger partial charge in [-0.05, 0) is 41.0 Å². The van der Waals surface area contributed by atoms with Gasteiger partial charge in [-0.3, -0.25) is 0 Å². The summed E-state index contributed by atoms with van der Waals surface area (Å²) in [4.78, 5) is 0. The molecule has 1 heterocycles. The van der Waals surface area contributed by atoms with E-state index in [9.17, 15) is 0 Å². The van der Waals surface area contributed by atoms with E-state index < -0.39 is 0 Å². The van der Waals surface area contributed by atoms with Crippen molar-refractivity contribution in [3.63, 3.8) is 0 Å². The molecule has 1 atom stereocenters. The molecule has 0 amide bonds. The molecule has 0 bridgehead atoms. The van der Waals surface area contributed by atoms with Crippen molar-refractivity contribution in [2.24, 2.45) is 0 Å². The first-order valence-electron chi connectivity index (χ1n) is 5.91. The number of fused-ring (bicyclic) bond motifs is 1. The molecule has 3 heteroatoms. The van der Waals surface area contributed by atoms with Crippen LogP contribution < -0.4 is 4.74 Å². The van der Waals surface area contributed by atoms with E-state index in [4.69, 9.17) is 9.84 Å². The van der Waals surface area contributed by atoms with Crippen molar-refractivity contribution in [3.05, 3.63) is 63.6 Å². The van der Waals surface area contributed by atoms with Gasteiger partial charge in [-0.15, -0.1) is 0 Å². The van der Waals surface area contributed by atoms with Gasteiger partial charge in [0.05, 0.1) is 6.61 Å². The second-order valence-corrected chi connectivity index (χ2v) is 5.38. The predicted molar refractivity (Wildman–Crippen MR) is 73.6 cm³/mol. The molecule has 3 rings (SSSR count). The van der Waals surface area contributed by atoms with E-state index in [2.05, 4.69) is 28.1 Å². The molecule has 18 heavy (non-hydrogen) atoms. The van der Waals surface area contributed by atoms with Crippen molar-refractivity contribution in [1.82, 2.24) is 0 Å². The maximum atomic E-state index is 9.14. The summed E-state index contributed by atoms with van der Waals surface area (Å²) >= 11 is 3.48. The fourth-order valence-electron chi connectivity index (χ4n) is 2.29. The van der Waals surface area contributed by atoms with E-state index in [0.29, 0.717) is 0 Å². The molecule has 1 N–H and O–H groups in total. The molecule has 0 fully saturated rings. The Morgan fingerprint density at radius 3 is 2.89 bits per heavy atom. The van der Waals surface area contributed by atoms with Crippen LogP contribution in [0, 0.1) is 0 Å². The third kappa shape index (κ3) is 2.16. The highest BCUT2D eigenvalue weighted by molar-refractivity contribution is 9.10. The van der Waals surface area contributed by atoms with Crippen LogP contribution in [0.1, 0.15) is 22.8 Å². The summed E-state index contributed by atoms with van der Waals surface area (Å²) in [7, 11) is 0. The van der Waals surface area contributed by atoms with Crippen LogP contribution in [0.15, 0.2) is 46.9 Å². The zero-order valence-electron chi connectivity index (χ0n) is 9.77. The molecule has 2 nitrogen and oxygen atoms in total. The van der Waals surface area contributed by atoms with Gasteiger partial charge in [0.15, 0.2) is 0 Å². The minimum Gasteiger partial charge on any atom is -0.485 e. The van der Waals surface area contributed by atoms with Crippen LogP contribution in [-0.2, 0) is 13.0 Å². The first kappa shape index (κ1) is 11.8. The second-order valence-electron chi connectivity index (χ2n) is 4.47. The van der Waals surface area contributed by atoms with Crippen molar-refractivity contribution < 1.29 is 9.84 Å². The highest BCUT2D eigenvalue weighted by atomic mass is 79.9. The third-order valence-electron chi connectivity index (χ3n) is 3.20. The van der Waals surface area contributed by atoms with E-state index in [1.54, 1.807) is 0 Å². The maximum absolute atomic E-state index is 9.14. The first-order valence-corrected chi connectivity index (χ1v) is 6.70. The zero-order chi connectivity index (χ0) is 12.5. The third-order valence-corrected chi connectivity index (χ3v) is 3.70. The van der Waals surface area contributed by atoms with Crippen molar-refractivity contribution >= 4 is 15.9 Å². The standard InChI is InChI=1S/C15H13BrO2/c16-13-3-1-2-11(7-13)15-8-12-6-10(9-17)4-5-14(12)18-15/h1-7,15,17H,8-9H2. The van der Waals surface area contributed by atoms with Gasteiger partial charge in [-0.25, -0.2) is 0 Å². The quantitative estimate of drug-likeness (QED) is 0.918. The number of halogens is 1. The molecule has 1 unspecified atom stereocenters. The Morgan fingerprint density at radius 1 is 1.22 bits per heavy atom. The van der Waals surface area contributed by atoms with Gasteiger partial charge in [0.25, 0.3) is 0 Å². The van der Waals surface area contributed by atoms with Crippen molar-refractivity contribution in [2.75, 3.05) is 0 Å². The molecule has 0 aromatic heterocycles. The number of hydrogen-bond acceptors (Lipinski definition) is 2. The highest BCUT2D eigenvalue weighted by Gasteiger charge is 2.24. The van der Waals surface area contributed by atoms with E-state index in [0.717, 1.165) is 22.2 Å². The molecule has 0 saturated carbocycles. The summed E-state index contributed by atoms with van der Waals surface area (Å²) in [6.07, 6.45) is 0.936. The molecule has 2 aromatic carbocycles. The SMILES string of the molecule is OCc1ccc2c(c1)CC(c1cccc(Br)c1)O2. The van der Waals surface area contributed by atoms with Crippen molar-refractivity contribution in [1.29, 1.82) is 0 Å². The van der Waals surface area contributed by atoms with Gasteiger partial charge in [0.1, 0.15) is 11.9 Å². The lowest BCUT2D eigenvalue weighted by molar-refractivity contribution is 0.238. The minimum absolute atomic E-state index is 0.0754. The van der Waals surface area contributed by atoms with Crippen molar-refractivity contribution in [3.8, 4) is 5.75 Å². The van der Waals surface area contributed by atoms with Gasteiger partial charge in [0.2, 0.25) is 0 Å². The number of benzene rings is 2. The van der Waals surface area contributed by atoms with E-state index in [-0.39, 0.29) is 12.7 Å². The Balaban J connectivity index is 1.88. The molecule has 2 aromatic rings. The van der Waals surface area contributed by atoms with Gasteiger partial charge in [0, 0.05) is 10.9 Å². The van der Waals surface area contributed by atoms with Crippen LogP contribution in [0.4, 0.5) is 0 Å². The van der Waals surface area contributed by atoms with Crippen LogP contribution in [0.25, 0.3) is 0 Å². The van der Waals surface area contributed by atoms with Crippen LogP contribution >= 0.6 is 15.9 Å². The van der Waals surface area contributed by atoms with E-state index in [1.807, 2.05) is 30.3 Å². The summed E-state index contributed by atoms with van der Waals surface area (Å²) in [5.41, 5.74) is 3.28. The Hall–Kier alpha value is -1.32. The van der Waals surface area contributed by atoms with E-state index in [1.165, 1.54) is 11.1 Å². The predicted octanol–water partition coefficient (Wildman–Crippen LogP) is 3.62. The van der Waals surface area contributed by atoms with Gasteiger partial charge < -0.3 is 9.84 Å². The molecule has 0 spiro atoms. The highest BCUT2D eigenvalue weighted by Crippen LogP contribution is 2.37. The summed E-state index contributed by atoms with van der Waals surface area (Å²) in [6, 6.07) is 14.1. The topological polar surface area (TPSA) is 29.5 Å². The molecule has 92 valence electrons. The minimum atomic E-state index is 0.0754. The molecule has 0 saturated heterocycles. The summed E-state index contributed by atoms with van der Waals surface area (Å²) < 4.78 is 7.01. The molecular formula is C15H13BrO2. The lowest BCUT2D eigenvalue weighted by Gasteiger charge is -2.11. The summed E-state index contributed by atoms with van der Waals surface area (Å²) in [5.74, 6) is 0.928. The number of rotatable bonds is 2. The second kappa shape index (κ2) is 4.75.